The topological polar surface area (TPSA) is 107 Å². The lowest BCUT2D eigenvalue weighted by Gasteiger charge is -2.25. The Kier molecular flexibility index (Phi) is 5.53. The molecule has 2 amide bonds. The number of likely N-dealkylation sites (tertiary alicyclic amines) is 1. The van der Waals surface area contributed by atoms with Gasteiger partial charge >= 0.3 is 12.2 Å². The fourth-order valence-corrected chi connectivity index (χ4v) is 5.67. The van der Waals surface area contributed by atoms with Crippen molar-refractivity contribution in [3.8, 4) is 11.3 Å². The molecule has 3 aromatic rings. The lowest BCUT2D eigenvalue weighted by molar-refractivity contribution is -0.137. The largest absolute Gasteiger partial charge is 0.419 e. The lowest BCUT2D eigenvalue weighted by Crippen LogP contribution is -2.41. The summed E-state index contributed by atoms with van der Waals surface area (Å²) in [5.41, 5.74) is 8.72. The van der Waals surface area contributed by atoms with Crippen LogP contribution in [0, 0.1) is 13.8 Å². The van der Waals surface area contributed by atoms with Crippen LogP contribution in [0.15, 0.2) is 18.3 Å². The first-order valence-corrected chi connectivity index (χ1v) is 11.9. The summed E-state index contributed by atoms with van der Waals surface area (Å²) in [7, 11) is 1.88. The van der Waals surface area contributed by atoms with Crippen LogP contribution in [0.25, 0.3) is 11.3 Å². The molecule has 0 aliphatic carbocycles. The van der Waals surface area contributed by atoms with Gasteiger partial charge in [0.15, 0.2) is 0 Å². The number of aryl methyl sites for hydroxylation is 3. The number of nitrogens with zero attached hydrogens (tertiary/aromatic N) is 6. The maximum absolute atomic E-state index is 13.3. The number of fused-ring (bicyclic) bond motifs is 2. The highest BCUT2D eigenvalue weighted by Gasteiger charge is 2.47. The number of halogens is 3. The fraction of sp³-hybridized carbons (Fsp3) is 0.500. The van der Waals surface area contributed by atoms with Gasteiger partial charge in [-0.25, -0.2) is 9.78 Å². The average Bonchev–Trinajstić information content (AvgIpc) is 3.54. The van der Waals surface area contributed by atoms with Crippen molar-refractivity contribution < 1.29 is 18.0 Å². The number of pyridine rings is 1. The number of amides is 2. The number of rotatable bonds is 3. The maximum atomic E-state index is 13.3. The number of urea groups is 1. The van der Waals surface area contributed by atoms with Crippen LogP contribution >= 0.6 is 0 Å². The number of aromatic nitrogens is 5. The Morgan fingerprint density at radius 1 is 1.19 bits per heavy atom. The molecule has 0 bridgehead atoms. The van der Waals surface area contributed by atoms with Gasteiger partial charge in [-0.1, -0.05) is 0 Å². The number of anilines is 1. The van der Waals surface area contributed by atoms with E-state index in [1.807, 2.05) is 48.1 Å². The molecule has 5 heterocycles. The van der Waals surface area contributed by atoms with Gasteiger partial charge in [-0.15, -0.1) is 0 Å². The summed E-state index contributed by atoms with van der Waals surface area (Å²) in [6.07, 6.45) is -1.70. The number of carbonyl (C=O) groups is 1. The molecular weight excluding hydrogens is 473 g/mol. The molecule has 2 aliphatic heterocycles. The lowest BCUT2D eigenvalue weighted by atomic mass is 9.82. The zero-order valence-electron chi connectivity index (χ0n) is 20.6. The summed E-state index contributed by atoms with van der Waals surface area (Å²) in [6.45, 7) is 7.62. The molecule has 5 rings (SSSR count). The van der Waals surface area contributed by atoms with Gasteiger partial charge in [0.25, 0.3) is 0 Å². The number of nitrogens with one attached hydrogen (secondary N) is 1. The van der Waals surface area contributed by atoms with Crippen LogP contribution in [0.5, 0.6) is 0 Å². The molecule has 36 heavy (non-hydrogen) atoms. The average molecular weight is 503 g/mol. The Balaban J connectivity index is 1.34. The summed E-state index contributed by atoms with van der Waals surface area (Å²) in [5, 5.41) is 12.1. The minimum Gasteiger partial charge on any atom is -0.383 e. The molecule has 2 atom stereocenters. The fourth-order valence-electron chi connectivity index (χ4n) is 5.67. The molecule has 0 saturated carbocycles. The quantitative estimate of drug-likeness (QED) is 0.568. The monoisotopic (exact) mass is 502 g/mol. The van der Waals surface area contributed by atoms with Gasteiger partial charge in [-0.3, -0.25) is 9.36 Å². The zero-order chi connectivity index (χ0) is 26.0. The third kappa shape index (κ3) is 3.88. The van der Waals surface area contributed by atoms with Gasteiger partial charge < -0.3 is 16.0 Å². The van der Waals surface area contributed by atoms with E-state index in [1.165, 1.54) is 6.20 Å². The van der Waals surface area contributed by atoms with Gasteiger partial charge in [0, 0.05) is 60.8 Å². The Bertz CT molecular complexity index is 1340. The van der Waals surface area contributed by atoms with E-state index in [9.17, 15) is 18.0 Å². The van der Waals surface area contributed by atoms with Crippen LogP contribution < -0.4 is 11.1 Å². The van der Waals surface area contributed by atoms with Crippen LogP contribution in [-0.4, -0.2) is 48.6 Å². The van der Waals surface area contributed by atoms with Crippen molar-refractivity contribution in [3.63, 3.8) is 0 Å². The van der Waals surface area contributed by atoms with Crippen molar-refractivity contribution in [2.24, 2.45) is 7.05 Å². The van der Waals surface area contributed by atoms with Crippen LogP contribution in [0.2, 0.25) is 0 Å². The Morgan fingerprint density at radius 2 is 1.92 bits per heavy atom. The molecule has 3 N–H and O–H groups in total. The normalized spacial score (nSPS) is 20.2. The summed E-state index contributed by atoms with van der Waals surface area (Å²) in [6, 6.07) is 2.49. The van der Waals surface area contributed by atoms with Gasteiger partial charge in [-0.2, -0.15) is 23.4 Å². The molecule has 9 nitrogen and oxygen atoms in total. The molecular formula is C24H29F3N8O. The number of hydrogen-bond donors (Lipinski definition) is 2. The van der Waals surface area contributed by atoms with Crippen molar-refractivity contribution in [3.05, 3.63) is 46.5 Å². The van der Waals surface area contributed by atoms with E-state index in [0.717, 1.165) is 41.6 Å². The second kappa shape index (κ2) is 8.24. The van der Waals surface area contributed by atoms with Crippen molar-refractivity contribution in [2.45, 2.75) is 57.8 Å². The van der Waals surface area contributed by atoms with Gasteiger partial charge in [0.05, 0.1) is 23.0 Å². The zero-order valence-corrected chi connectivity index (χ0v) is 20.6. The van der Waals surface area contributed by atoms with E-state index >= 15 is 0 Å². The smallest absolute Gasteiger partial charge is 0.383 e. The Labute approximate surface area is 206 Å². The standard InChI is InChI=1S/C24H29F3N8O/c1-13(20-14(2)31-33(4)15(20)3)30-22(36)34-7-5-23(12-34)6-8-35-19(23)10-18(32-35)16-9-17(24(25,26)27)21(28)29-11-16/h9-11,13H,5-8,12H2,1-4H3,(H2,28,29)(H,30,36). The third-order valence-corrected chi connectivity index (χ3v) is 7.62. The van der Waals surface area contributed by atoms with Crippen LogP contribution in [-0.2, 0) is 25.2 Å². The minimum atomic E-state index is -4.60. The molecule has 1 saturated heterocycles. The highest BCUT2D eigenvalue weighted by Crippen LogP contribution is 2.44. The van der Waals surface area contributed by atoms with E-state index in [1.54, 1.807) is 0 Å². The summed E-state index contributed by atoms with van der Waals surface area (Å²) >= 11 is 0. The van der Waals surface area contributed by atoms with E-state index < -0.39 is 17.6 Å². The van der Waals surface area contributed by atoms with Crippen molar-refractivity contribution in [1.29, 1.82) is 0 Å². The second-order valence-electron chi connectivity index (χ2n) is 9.87. The molecule has 1 fully saturated rings. The number of nitrogens with two attached hydrogens (primary N) is 1. The Morgan fingerprint density at radius 3 is 2.58 bits per heavy atom. The number of hydrogen-bond acceptors (Lipinski definition) is 5. The van der Waals surface area contributed by atoms with E-state index in [0.29, 0.717) is 25.3 Å². The summed E-state index contributed by atoms with van der Waals surface area (Å²) in [4.78, 5) is 18.7. The van der Waals surface area contributed by atoms with E-state index in [-0.39, 0.29) is 23.1 Å². The van der Waals surface area contributed by atoms with Gasteiger partial charge in [0.1, 0.15) is 5.82 Å². The number of carbonyl (C=O) groups excluding carboxylic acids is 1. The molecule has 1 spiro atoms. The van der Waals surface area contributed by atoms with Crippen molar-refractivity contribution in [2.75, 3.05) is 18.8 Å². The Hall–Kier alpha value is -3.57. The van der Waals surface area contributed by atoms with Crippen molar-refractivity contribution in [1.82, 2.24) is 34.8 Å². The molecule has 0 aromatic carbocycles. The molecule has 0 radical (unpaired) electrons. The summed E-state index contributed by atoms with van der Waals surface area (Å²) in [5.74, 6) is -0.558. The van der Waals surface area contributed by atoms with Crippen LogP contribution in [0.3, 0.4) is 0 Å². The molecule has 12 heteroatoms. The number of nitrogen functional groups attached to an aromatic ring is 1. The highest BCUT2D eigenvalue weighted by molar-refractivity contribution is 5.75. The molecule has 192 valence electrons. The third-order valence-electron chi connectivity index (χ3n) is 7.62. The van der Waals surface area contributed by atoms with Gasteiger partial charge in [-0.05, 0) is 45.7 Å². The van der Waals surface area contributed by atoms with Crippen LogP contribution in [0.4, 0.5) is 23.8 Å². The minimum absolute atomic E-state index is 0.141. The van der Waals surface area contributed by atoms with E-state index in [2.05, 4.69) is 20.5 Å². The highest BCUT2D eigenvalue weighted by atomic mass is 19.4. The predicted octanol–water partition coefficient (Wildman–Crippen LogP) is 3.71. The van der Waals surface area contributed by atoms with Crippen LogP contribution in [0.1, 0.15) is 54.0 Å². The van der Waals surface area contributed by atoms with Gasteiger partial charge in [0.2, 0.25) is 0 Å². The van der Waals surface area contributed by atoms with E-state index in [4.69, 9.17) is 5.73 Å². The first-order valence-electron chi connectivity index (χ1n) is 11.9. The molecule has 2 unspecified atom stereocenters. The number of alkyl halides is 3. The predicted molar refractivity (Wildman–Crippen MR) is 127 cm³/mol. The molecule has 2 aliphatic rings. The second-order valence-corrected chi connectivity index (χ2v) is 9.87. The first kappa shape index (κ1) is 24.1. The first-order chi connectivity index (χ1) is 16.9. The molecule has 3 aromatic heterocycles. The maximum Gasteiger partial charge on any atom is 0.419 e. The SMILES string of the molecule is Cc1nn(C)c(C)c1C(C)NC(=O)N1CCC2(CCn3nc(-c4cnc(N)c(C(F)(F)F)c4)cc32)C1. The van der Waals surface area contributed by atoms with Crippen molar-refractivity contribution >= 4 is 11.8 Å². The summed E-state index contributed by atoms with van der Waals surface area (Å²) < 4.78 is 43.6.